The Labute approximate surface area is 331 Å². The molecule has 0 aromatic heterocycles. The molecule has 1 nitrogen and oxygen atoms in total. The lowest BCUT2D eigenvalue weighted by molar-refractivity contribution is 0.327. The van der Waals surface area contributed by atoms with Crippen LogP contribution in [0.1, 0.15) is 59.8 Å². The normalized spacial score (nSPS) is 22.6. The van der Waals surface area contributed by atoms with Crippen LogP contribution < -0.4 is 4.90 Å². The summed E-state index contributed by atoms with van der Waals surface area (Å²) in [6.45, 7) is 0. The van der Waals surface area contributed by atoms with Gasteiger partial charge in [0.1, 0.15) is 0 Å². The molecule has 56 heavy (non-hydrogen) atoms. The van der Waals surface area contributed by atoms with Gasteiger partial charge in [-0.3, -0.25) is 0 Å². The van der Waals surface area contributed by atoms with Gasteiger partial charge in [0.05, 0.1) is 5.69 Å². The highest BCUT2D eigenvalue weighted by Gasteiger charge is 2.56. The quantitative estimate of drug-likeness (QED) is 0.159. The van der Waals surface area contributed by atoms with Crippen LogP contribution in [0.3, 0.4) is 0 Å². The zero-order valence-corrected chi connectivity index (χ0v) is 31.6. The van der Waals surface area contributed by atoms with Gasteiger partial charge in [0.15, 0.2) is 0 Å². The van der Waals surface area contributed by atoms with E-state index in [2.05, 4.69) is 205 Å². The Morgan fingerprint density at radius 2 is 1.12 bits per heavy atom. The molecule has 270 valence electrons. The Bertz CT molecular complexity index is 2630. The fraction of sp³-hybridized carbons (Fsp3) is 0.164. The van der Waals surface area contributed by atoms with Crippen molar-refractivity contribution in [2.24, 2.45) is 11.8 Å². The molecule has 2 fully saturated rings. The van der Waals surface area contributed by atoms with Crippen LogP contribution in [0.25, 0.3) is 33.4 Å². The topological polar surface area (TPSA) is 3.24 Å². The second kappa shape index (κ2) is 13.5. The lowest BCUT2D eigenvalue weighted by Crippen LogP contribution is -2.32. The number of anilines is 3. The SMILES string of the molecule is C1=CC(c2ccccc2)C(c2ccccc2-c2ccccc2N(c2cccc(-c3ccccc3)c2)c2ccc3c(c2)C2(CC4CCC2C4)c2ccccc2-3)C=C1. The molecule has 7 aromatic rings. The van der Waals surface area contributed by atoms with Crippen molar-refractivity contribution in [1.29, 1.82) is 0 Å². The van der Waals surface area contributed by atoms with Crippen LogP contribution >= 0.6 is 0 Å². The van der Waals surface area contributed by atoms with Crippen molar-refractivity contribution in [2.45, 2.75) is 42.9 Å². The molecular formula is C55H45N. The third kappa shape index (κ3) is 5.29. The standard InChI is InChI=1S/C55H45N/c1-3-16-39(17-4-1)41-20-15-21-43(35-41)56(44-32-33-50-49-26-11-13-28-52(49)55(53(50)36-44)37-38-30-31-42(55)34-38)54-29-14-12-27-51(54)48-25-10-9-24-47(48)46-23-8-7-22-45(46)40-18-5-2-6-19-40/h1-29,32-33,35-36,38,42,45-46H,30-31,34,37H2. The Morgan fingerprint density at radius 1 is 0.464 bits per heavy atom. The minimum absolute atomic E-state index is 0.0990. The number of fused-ring (bicyclic) bond motifs is 8. The van der Waals surface area contributed by atoms with E-state index in [1.165, 1.54) is 87.1 Å². The van der Waals surface area contributed by atoms with E-state index in [9.17, 15) is 0 Å². The molecule has 1 heteroatoms. The van der Waals surface area contributed by atoms with Crippen LogP contribution in [-0.2, 0) is 5.41 Å². The molecule has 2 bridgehead atoms. The minimum Gasteiger partial charge on any atom is -0.310 e. The predicted octanol–water partition coefficient (Wildman–Crippen LogP) is 14.6. The zero-order valence-electron chi connectivity index (χ0n) is 31.6. The van der Waals surface area contributed by atoms with E-state index < -0.39 is 0 Å². The van der Waals surface area contributed by atoms with E-state index in [0.29, 0.717) is 5.92 Å². The van der Waals surface area contributed by atoms with Gasteiger partial charge in [-0.15, -0.1) is 0 Å². The van der Waals surface area contributed by atoms with Crippen molar-refractivity contribution >= 4 is 17.1 Å². The first-order chi connectivity index (χ1) is 27.8. The summed E-state index contributed by atoms with van der Waals surface area (Å²) in [5.41, 5.74) is 17.3. The molecule has 0 radical (unpaired) electrons. The summed E-state index contributed by atoms with van der Waals surface area (Å²) in [6.07, 6.45) is 14.5. The summed E-state index contributed by atoms with van der Waals surface area (Å²) < 4.78 is 0. The third-order valence-electron chi connectivity index (χ3n) is 13.6. The molecule has 0 amide bonds. The Balaban J connectivity index is 1.11. The van der Waals surface area contributed by atoms with Gasteiger partial charge in [0.2, 0.25) is 0 Å². The van der Waals surface area contributed by atoms with Crippen molar-refractivity contribution in [3.05, 3.63) is 222 Å². The van der Waals surface area contributed by atoms with Gasteiger partial charge >= 0.3 is 0 Å². The average Bonchev–Trinajstić information content (AvgIpc) is 3.97. The average molecular weight is 720 g/mol. The fourth-order valence-electron chi connectivity index (χ4n) is 11.2. The second-order valence-corrected chi connectivity index (χ2v) is 16.4. The van der Waals surface area contributed by atoms with Crippen LogP contribution in [0, 0.1) is 11.8 Å². The maximum absolute atomic E-state index is 2.59. The van der Waals surface area contributed by atoms with Gasteiger partial charge in [-0.05, 0) is 112 Å². The number of benzene rings is 7. The molecule has 2 saturated carbocycles. The number of hydrogen-bond donors (Lipinski definition) is 0. The first-order valence-electron chi connectivity index (χ1n) is 20.5. The van der Waals surface area contributed by atoms with Crippen LogP contribution in [0.5, 0.6) is 0 Å². The van der Waals surface area contributed by atoms with Crippen molar-refractivity contribution in [1.82, 2.24) is 0 Å². The molecule has 0 heterocycles. The number of rotatable bonds is 7. The Kier molecular flexibility index (Phi) is 8.02. The van der Waals surface area contributed by atoms with Crippen molar-refractivity contribution in [2.75, 3.05) is 4.90 Å². The minimum atomic E-state index is 0.0990. The Morgan fingerprint density at radius 3 is 1.93 bits per heavy atom. The van der Waals surface area contributed by atoms with Gasteiger partial charge in [0.25, 0.3) is 0 Å². The molecule has 11 rings (SSSR count). The van der Waals surface area contributed by atoms with Crippen molar-refractivity contribution < 1.29 is 0 Å². The van der Waals surface area contributed by atoms with Crippen molar-refractivity contribution in [3.8, 4) is 33.4 Å². The zero-order chi connectivity index (χ0) is 37.1. The van der Waals surface area contributed by atoms with E-state index in [-0.39, 0.29) is 17.3 Å². The number of para-hydroxylation sites is 1. The summed E-state index contributed by atoms with van der Waals surface area (Å²) in [6, 6.07) is 65.9. The molecule has 0 saturated heterocycles. The smallest absolute Gasteiger partial charge is 0.0540 e. The molecule has 7 aromatic carbocycles. The van der Waals surface area contributed by atoms with E-state index >= 15 is 0 Å². The lowest BCUT2D eigenvalue weighted by atomic mass is 9.67. The first-order valence-corrected chi connectivity index (χ1v) is 20.5. The van der Waals surface area contributed by atoms with Gasteiger partial charge in [0, 0.05) is 34.2 Å². The fourth-order valence-corrected chi connectivity index (χ4v) is 11.2. The molecule has 0 N–H and O–H groups in total. The van der Waals surface area contributed by atoms with Gasteiger partial charge < -0.3 is 4.90 Å². The molecule has 0 aliphatic heterocycles. The largest absolute Gasteiger partial charge is 0.310 e. The summed E-state index contributed by atoms with van der Waals surface area (Å²) in [7, 11) is 0. The second-order valence-electron chi connectivity index (χ2n) is 16.4. The third-order valence-corrected chi connectivity index (χ3v) is 13.6. The maximum Gasteiger partial charge on any atom is 0.0540 e. The van der Waals surface area contributed by atoms with E-state index in [4.69, 9.17) is 0 Å². The predicted molar refractivity (Wildman–Crippen MR) is 234 cm³/mol. The van der Waals surface area contributed by atoms with Gasteiger partial charge in [-0.1, -0.05) is 176 Å². The summed E-state index contributed by atoms with van der Waals surface area (Å²) in [5, 5.41) is 0. The van der Waals surface area contributed by atoms with Crippen molar-refractivity contribution in [3.63, 3.8) is 0 Å². The molecule has 1 spiro atoms. The summed E-state index contributed by atoms with van der Waals surface area (Å²) >= 11 is 0. The number of nitrogens with zero attached hydrogens (tertiary/aromatic N) is 1. The van der Waals surface area contributed by atoms with Crippen LogP contribution in [-0.4, -0.2) is 0 Å². The number of hydrogen-bond acceptors (Lipinski definition) is 1. The van der Waals surface area contributed by atoms with Gasteiger partial charge in [-0.2, -0.15) is 0 Å². The van der Waals surface area contributed by atoms with E-state index in [1.54, 1.807) is 5.56 Å². The van der Waals surface area contributed by atoms with E-state index in [0.717, 1.165) is 11.6 Å². The van der Waals surface area contributed by atoms with E-state index in [1.807, 2.05) is 0 Å². The first kappa shape index (κ1) is 33.2. The maximum atomic E-state index is 2.59. The number of allylic oxidation sites excluding steroid dienone is 4. The molecule has 4 aliphatic rings. The summed E-state index contributed by atoms with van der Waals surface area (Å²) in [4.78, 5) is 2.55. The molecule has 5 unspecified atom stereocenters. The van der Waals surface area contributed by atoms with Crippen LogP contribution in [0.4, 0.5) is 17.1 Å². The molecule has 4 aliphatic carbocycles. The highest BCUT2D eigenvalue weighted by Crippen LogP contribution is 2.66. The monoisotopic (exact) mass is 719 g/mol. The highest BCUT2D eigenvalue weighted by atomic mass is 15.1. The molecule has 5 atom stereocenters. The Hall–Kier alpha value is -6.18. The molecular weight excluding hydrogens is 675 g/mol. The summed E-state index contributed by atoms with van der Waals surface area (Å²) in [5.74, 6) is 1.98. The highest BCUT2D eigenvalue weighted by molar-refractivity contribution is 5.92. The van der Waals surface area contributed by atoms with Gasteiger partial charge in [-0.25, -0.2) is 0 Å². The van der Waals surface area contributed by atoms with Crippen LogP contribution in [0.2, 0.25) is 0 Å². The lowest BCUT2D eigenvalue weighted by Gasteiger charge is -2.37. The van der Waals surface area contributed by atoms with Crippen LogP contribution in [0.15, 0.2) is 200 Å².